The Morgan fingerprint density at radius 1 is 1.11 bits per heavy atom. The van der Waals surface area contributed by atoms with E-state index in [4.69, 9.17) is 5.73 Å². The molecule has 0 atom stereocenters. The van der Waals surface area contributed by atoms with Crippen molar-refractivity contribution in [3.8, 4) is 0 Å². The standard InChI is InChI=1S/C16H27N3/c1-18(2)12-16-7-9-19(10-8-16)13-15-5-3-14(11-17)4-6-15/h3-6,16H,7-13,17H2,1-2H3. The van der Waals surface area contributed by atoms with E-state index < -0.39 is 0 Å². The third-order valence-electron chi connectivity index (χ3n) is 4.00. The Hall–Kier alpha value is -0.900. The zero-order valence-corrected chi connectivity index (χ0v) is 12.3. The Balaban J connectivity index is 1.78. The Morgan fingerprint density at radius 3 is 2.21 bits per heavy atom. The maximum atomic E-state index is 5.62. The van der Waals surface area contributed by atoms with Crippen LogP contribution in [0.15, 0.2) is 24.3 Å². The highest BCUT2D eigenvalue weighted by Gasteiger charge is 2.19. The molecule has 1 heterocycles. The van der Waals surface area contributed by atoms with Crippen molar-refractivity contribution in [2.45, 2.75) is 25.9 Å². The summed E-state index contributed by atoms with van der Waals surface area (Å²) in [4.78, 5) is 4.88. The number of likely N-dealkylation sites (tertiary alicyclic amines) is 1. The van der Waals surface area contributed by atoms with Gasteiger partial charge in [0, 0.05) is 19.6 Å². The molecule has 0 unspecified atom stereocenters. The molecule has 0 aliphatic carbocycles. The fourth-order valence-electron chi connectivity index (χ4n) is 2.88. The first kappa shape index (κ1) is 14.5. The summed E-state index contributed by atoms with van der Waals surface area (Å²) in [6.07, 6.45) is 2.66. The van der Waals surface area contributed by atoms with Crippen molar-refractivity contribution in [3.63, 3.8) is 0 Å². The van der Waals surface area contributed by atoms with Crippen molar-refractivity contribution in [3.05, 3.63) is 35.4 Å². The van der Waals surface area contributed by atoms with Crippen molar-refractivity contribution >= 4 is 0 Å². The second-order valence-corrected chi connectivity index (χ2v) is 6.00. The average Bonchev–Trinajstić information content (AvgIpc) is 2.41. The molecule has 0 aromatic heterocycles. The summed E-state index contributed by atoms with van der Waals surface area (Å²) in [5, 5.41) is 0. The van der Waals surface area contributed by atoms with Gasteiger partial charge in [0.2, 0.25) is 0 Å². The Bertz CT molecular complexity index is 364. The Labute approximate surface area is 117 Å². The predicted molar refractivity (Wildman–Crippen MR) is 80.9 cm³/mol. The molecule has 1 fully saturated rings. The van der Waals surface area contributed by atoms with E-state index in [1.807, 2.05) is 0 Å². The van der Waals surface area contributed by atoms with E-state index in [1.165, 1.54) is 43.6 Å². The lowest BCUT2D eigenvalue weighted by Gasteiger charge is -2.33. The molecule has 19 heavy (non-hydrogen) atoms. The smallest absolute Gasteiger partial charge is 0.0233 e. The van der Waals surface area contributed by atoms with Gasteiger partial charge in [-0.3, -0.25) is 4.90 Å². The van der Waals surface area contributed by atoms with Gasteiger partial charge in [0.05, 0.1) is 0 Å². The van der Waals surface area contributed by atoms with Crippen molar-refractivity contribution in [2.75, 3.05) is 33.7 Å². The summed E-state index contributed by atoms with van der Waals surface area (Å²) in [6, 6.07) is 8.73. The summed E-state index contributed by atoms with van der Waals surface area (Å²) in [5.41, 5.74) is 8.25. The Morgan fingerprint density at radius 2 is 1.68 bits per heavy atom. The second kappa shape index (κ2) is 7.04. The van der Waals surface area contributed by atoms with Gasteiger partial charge in [-0.25, -0.2) is 0 Å². The van der Waals surface area contributed by atoms with Crippen molar-refractivity contribution < 1.29 is 0 Å². The van der Waals surface area contributed by atoms with Crippen LogP contribution in [0.2, 0.25) is 0 Å². The maximum absolute atomic E-state index is 5.62. The van der Waals surface area contributed by atoms with E-state index in [0.717, 1.165) is 12.5 Å². The van der Waals surface area contributed by atoms with Crippen LogP contribution >= 0.6 is 0 Å². The summed E-state index contributed by atoms with van der Waals surface area (Å²) in [5.74, 6) is 0.880. The molecule has 2 N–H and O–H groups in total. The van der Waals surface area contributed by atoms with E-state index in [2.05, 4.69) is 48.2 Å². The molecule has 0 radical (unpaired) electrons. The van der Waals surface area contributed by atoms with Crippen LogP contribution in [0, 0.1) is 5.92 Å². The zero-order valence-electron chi connectivity index (χ0n) is 12.3. The molecule has 0 amide bonds. The van der Waals surface area contributed by atoms with Gasteiger partial charge < -0.3 is 10.6 Å². The van der Waals surface area contributed by atoms with E-state index in [1.54, 1.807) is 0 Å². The molecular formula is C16H27N3. The minimum Gasteiger partial charge on any atom is -0.326 e. The van der Waals surface area contributed by atoms with Crippen LogP contribution in [0.3, 0.4) is 0 Å². The summed E-state index contributed by atoms with van der Waals surface area (Å²) in [6.45, 7) is 5.42. The predicted octanol–water partition coefficient (Wildman–Crippen LogP) is 1.92. The minimum atomic E-state index is 0.635. The summed E-state index contributed by atoms with van der Waals surface area (Å²) in [7, 11) is 4.34. The van der Waals surface area contributed by atoms with Crippen LogP contribution in [0.1, 0.15) is 24.0 Å². The molecular weight excluding hydrogens is 234 g/mol. The van der Waals surface area contributed by atoms with Crippen LogP contribution in [-0.2, 0) is 13.1 Å². The molecule has 3 nitrogen and oxygen atoms in total. The first-order valence-corrected chi connectivity index (χ1v) is 7.32. The number of benzene rings is 1. The van der Waals surface area contributed by atoms with Crippen LogP contribution < -0.4 is 5.73 Å². The van der Waals surface area contributed by atoms with Crippen molar-refractivity contribution in [1.82, 2.24) is 9.80 Å². The van der Waals surface area contributed by atoms with Gasteiger partial charge in [-0.05, 0) is 57.1 Å². The average molecular weight is 261 g/mol. The van der Waals surface area contributed by atoms with Crippen molar-refractivity contribution in [1.29, 1.82) is 0 Å². The lowest BCUT2D eigenvalue weighted by Crippen LogP contribution is -2.36. The molecule has 0 spiro atoms. The van der Waals surface area contributed by atoms with Gasteiger partial charge in [-0.2, -0.15) is 0 Å². The highest BCUT2D eigenvalue weighted by Crippen LogP contribution is 2.19. The number of nitrogens with zero attached hydrogens (tertiary/aromatic N) is 2. The highest BCUT2D eigenvalue weighted by atomic mass is 15.1. The minimum absolute atomic E-state index is 0.635. The van der Waals surface area contributed by atoms with Crippen molar-refractivity contribution in [2.24, 2.45) is 11.7 Å². The van der Waals surface area contributed by atoms with Gasteiger partial charge >= 0.3 is 0 Å². The Kier molecular flexibility index (Phi) is 5.37. The first-order valence-electron chi connectivity index (χ1n) is 7.32. The van der Waals surface area contributed by atoms with E-state index >= 15 is 0 Å². The summed E-state index contributed by atoms with van der Waals surface area (Å²) < 4.78 is 0. The highest BCUT2D eigenvalue weighted by molar-refractivity contribution is 5.22. The quantitative estimate of drug-likeness (QED) is 0.879. The number of hydrogen-bond donors (Lipinski definition) is 1. The van der Waals surface area contributed by atoms with Gasteiger partial charge in [0.25, 0.3) is 0 Å². The molecule has 106 valence electrons. The lowest BCUT2D eigenvalue weighted by molar-refractivity contribution is 0.157. The third-order valence-corrected chi connectivity index (χ3v) is 4.00. The molecule has 1 aromatic rings. The molecule has 3 heteroatoms. The number of nitrogens with two attached hydrogens (primary N) is 1. The monoisotopic (exact) mass is 261 g/mol. The summed E-state index contributed by atoms with van der Waals surface area (Å²) >= 11 is 0. The number of piperidine rings is 1. The number of hydrogen-bond acceptors (Lipinski definition) is 3. The second-order valence-electron chi connectivity index (χ2n) is 6.00. The lowest BCUT2D eigenvalue weighted by atomic mass is 9.96. The largest absolute Gasteiger partial charge is 0.326 e. The topological polar surface area (TPSA) is 32.5 Å². The fourth-order valence-corrected chi connectivity index (χ4v) is 2.88. The van der Waals surface area contributed by atoms with Crippen LogP contribution in [-0.4, -0.2) is 43.5 Å². The third kappa shape index (κ3) is 4.60. The van der Waals surface area contributed by atoms with Crippen LogP contribution in [0.4, 0.5) is 0 Å². The zero-order chi connectivity index (χ0) is 13.7. The van der Waals surface area contributed by atoms with Gasteiger partial charge in [-0.1, -0.05) is 24.3 Å². The maximum Gasteiger partial charge on any atom is 0.0233 e. The SMILES string of the molecule is CN(C)CC1CCN(Cc2ccc(CN)cc2)CC1. The molecule has 0 bridgehead atoms. The van der Waals surface area contributed by atoms with E-state index in [9.17, 15) is 0 Å². The molecule has 0 saturated carbocycles. The molecule has 2 rings (SSSR count). The molecule has 1 aliphatic rings. The van der Waals surface area contributed by atoms with Crippen LogP contribution in [0.5, 0.6) is 0 Å². The number of rotatable bonds is 5. The van der Waals surface area contributed by atoms with E-state index in [0.29, 0.717) is 6.54 Å². The first-order chi connectivity index (χ1) is 9.17. The van der Waals surface area contributed by atoms with Gasteiger partial charge in [0.1, 0.15) is 0 Å². The fraction of sp³-hybridized carbons (Fsp3) is 0.625. The van der Waals surface area contributed by atoms with Crippen LogP contribution in [0.25, 0.3) is 0 Å². The van der Waals surface area contributed by atoms with Gasteiger partial charge in [0.15, 0.2) is 0 Å². The molecule has 1 aliphatic heterocycles. The van der Waals surface area contributed by atoms with E-state index in [-0.39, 0.29) is 0 Å². The molecule has 1 aromatic carbocycles. The van der Waals surface area contributed by atoms with Gasteiger partial charge in [-0.15, -0.1) is 0 Å². The normalized spacial score (nSPS) is 18.1. The molecule has 1 saturated heterocycles.